The molecule has 1 aromatic carbocycles. The summed E-state index contributed by atoms with van der Waals surface area (Å²) in [6.07, 6.45) is 8.77. The summed E-state index contributed by atoms with van der Waals surface area (Å²) in [4.78, 5) is 21.6. The summed E-state index contributed by atoms with van der Waals surface area (Å²) in [5.41, 5.74) is 3.98. The molecule has 2 aromatic rings. The summed E-state index contributed by atoms with van der Waals surface area (Å²) in [5, 5.41) is 3.68. The number of aromatic nitrogens is 1. The van der Waals surface area contributed by atoms with Crippen molar-refractivity contribution in [3.05, 3.63) is 46.4 Å². The Balaban J connectivity index is 1.12. The first-order chi connectivity index (χ1) is 14.3. The molecule has 0 atom stereocenters. The molecule has 1 saturated heterocycles. The molecule has 0 radical (unpaired) electrons. The summed E-state index contributed by atoms with van der Waals surface area (Å²) >= 11 is 1.50. The number of carbonyl (C=O) groups excluding carboxylic acids is 1. The normalized spacial score (nSPS) is 18.8. The highest BCUT2D eigenvalue weighted by Crippen LogP contribution is 2.34. The van der Waals surface area contributed by atoms with Crippen LogP contribution in [0.2, 0.25) is 0 Å². The van der Waals surface area contributed by atoms with E-state index in [2.05, 4.69) is 29.2 Å². The second kappa shape index (κ2) is 10.2. The van der Waals surface area contributed by atoms with Crippen molar-refractivity contribution < 1.29 is 14.4 Å². The summed E-state index contributed by atoms with van der Waals surface area (Å²) in [7, 11) is 0. The minimum atomic E-state index is -0.223. The molecule has 6 heteroatoms. The van der Waals surface area contributed by atoms with Gasteiger partial charge in [-0.05, 0) is 61.6 Å². The second-order valence-corrected chi connectivity index (χ2v) is 8.90. The Kier molecular flexibility index (Phi) is 7.17. The van der Waals surface area contributed by atoms with Crippen molar-refractivity contribution in [2.24, 2.45) is 5.92 Å². The lowest BCUT2D eigenvalue weighted by molar-refractivity contribution is -0.196. The van der Waals surface area contributed by atoms with Crippen LogP contribution < -0.4 is 4.74 Å². The molecule has 0 N–H and O–H groups in total. The number of ether oxygens (including phenoxy) is 1. The molecule has 1 aliphatic carbocycles. The average molecular weight is 415 g/mol. The van der Waals surface area contributed by atoms with Crippen molar-refractivity contribution in [2.45, 2.75) is 57.3 Å². The van der Waals surface area contributed by atoms with E-state index >= 15 is 0 Å². The van der Waals surface area contributed by atoms with E-state index in [9.17, 15) is 4.79 Å². The summed E-state index contributed by atoms with van der Waals surface area (Å²) in [6, 6.07) is 8.73. The molecule has 1 aromatic heterocycles. The molecular formula is C23H30N2O3S. The summed E-state index contributed by atoms with van der Waals surface area (Å²) < 4.78 is 5.97. The van der Waals surface area contributed by atoms with E-state index in [4.69, 9.17) is 9.57 Å². The Hall–Kier alpha value is -1.92. The van der Waals surface area contributed by atoms with Gasteiger partial charge in [0, 0.05) is 18.5 Å². The van der Waals surface area contributed by atoms with Crippen LogP contribution in [0.1, 0.15) is 62.1 Å². The minimum absolute atomic E-state index is 0.223. The SMILES string of the molecule is O=C(Cc1cscn1)ON1CCC(CCOc2ccc(C3CCCC3)cc2)CC1. The molecule has 0 spiro atoms. The smallest absolute Gasteiger partial charge is 0.331 e. The van der Waals surface area contributed by atoms with E-state index in [-0.39, 0.29) is 12.4 Å². The van der Waals surface area contributed by atoms with Gasteiger partial charge in [0.05, 0.1) is 24.2 Å². The zero-order valence-electron chi connectivity index (χ0n) is 16.9. The lowest BCUT2D eigenvalue weighted by atomic mass is 9.95. The molecule has 1 aliphatic heterocycles. The number of hydroxylamine groups is 2. The Morgan fingerprint density at radius 2 is 1.86 bits per heavy atom. The van der Waals surface area contributed by atoms with Crippen LogP contribution in [0.25, 0.3) is 0 Å². The van der Waals surface area contributed by atoms with Crippen molar-refractivity contribution in [1.29, 1.82) is 0 Å². The molecule has 0 unspecified atom stereocenters. The molecule has 1 saturated carbocycles. The van der Waals surface area contributed by atoms with Crippen LogP contribution in [0.15, 0.2) is 35.2 Å². The van der Waals surface area contributed by atoms with E-state index in [0.29, 0.717) is 5.92 Å². The topological polar surface area (TPSA) is 51.7 Å². The highest BCUT2D eigenvalue weighted by molar-refractivity contribution is 7.07. The third-order valence-corrected chi connectivity index (χ3v) is 6.75. The maximum Gasteiger partial charge on any atom is 0.331 e. The number of carbonyl (C=O) groups is 1. The van der Waals surface area contributed by atoms with Crippen molar-refractivity contribution in [1.82, 2.24) is 10.0 Å². The van der Waals surface area contributed by atoms with Gasteiger partial charge in [-0.25, -0.2) is 9.78 Å². The number of piperidine rings is 1. The van der Waals surface area contributed by atoms with Gasteiger partial charge in [0.1, 0.15) is 5.75 Å². The molecule has 2 aliphatic rings. The van der Waals surface area contributed by atoms with Gasteiger partial charge in [-0.1, -0.05) is 25.0 Å². The molecule has 5 nitrogen and oxygen atoms in total. The molecular weight excluding hydrogens is 384 g/mol. The zero-order chi connectivity index (χ0) is 19.9. The van der Waals surface area contributed by atoms with Crippen LogP contribution in [0, 0.1) is 5.92 Å². The number of thiazole rings is 1. The van der Waals surface area contributed by atoms with E-state index in [1.54, 1.807) is 10.6 Å². The van der Waals surface area contributed by atoms with E-state index < -0.39 is 0 Å². The first-order valence-electron chi connectivity index (χ1n) is 10.8. The molecule has 0 bridgehead atoms. The Bertz CT molecular complexity index is 749. The summed E-state index contributed by atoms with van der Waals surface area (Å²) in [6.45, 7) is 2.34. The van der Waals surface area contributed by atoms with Gasteiger partial charge < -0.3 is 9.57 Å². The molecule has 156 valence electrons. The number of nitrogens with zero attached hydrogens (tertiary/aromatic N) is 2. The van der Waals surface area contributed by atoms with Gasteiger partial charge >= 0.3 is 5.97 Å². The van der Waals surface area contributed by atoms with Gasteiger partial charge in [0.15, 0.2) is 0 Å². The van der Waals surface area contributed by atoms with Gasteiger partial charge in [-0.15, -0.1) is 16.4 Å². The van der Waals surface area contributed by atoms with Crippen molar-refractivity contribution in [2.75, 3.05) is 19.7 Å². The molecule has 4 rings (SSSR count). The lowest BCUT2D eigenvalue weighted by Crippen LogP contribution is -2.36. The fraction of sp³-hybridized carbons (Fsp3) is 0.565. The van der Waals surface area contributed by atoms with Crippen molar-refractivity contribution >= 4 is 17.3 Å². The van der Waals surface area contributed by atoms with Crippen LogP contribution in [0.5, 0.6) is 5.75 Å². The third kappa shape index (κ3) is 6.03. The Morgan fingerprint density at radius 3 is 2.55 bits per heavy atom. The van der Waals surface area contributed by atoms with Crippen LogP contribution in [0.4, 0.5) is 0 Å². The average Bonchev–Trinajstić information content (AvgIpc) is 3.44. The quantitative estimate of drug-likeness (QED) is 0.610. The predicted molar refractivity (Wildman–Crippen MR) is 114 cm³/mol. The second-order valence-electron chi connectivity index (χ2n) is 8.18. The molecule has 29 heavy (non-hydrogen) atoms. The summed E-state index contributed by atoms with van der Waals surface area (Å²) in [5.74, 6) is 2.13. The third-order valence-electron chi connectivity index (χ3n) is 6.11. The van der Waals surface area contributed by atoms with Crippen molar-refractivity contribution in [3.8, 4) is 5.75 Å². The maximum absolute atomic E-state index is 12.0. The van der Waals surface area contributed by atoms with E-state index in [1.165, 1.54) is 42.6 Å². The fourth-order valence-corrected chi connectivity index (χ4v) is 4.94. The Labute approximate surface area is 177 Å². The monoisotopic (exact) mass is 414 g/mol. The maximum atomic E-state index is 12.0. The minimum Gasteiger partial charge on any atom is -0.494 e. The zero-order valence-corrected chi connectivity index (χ0v) is 17.7. The fourth-order valence-electron chi connectivity index (χ4n) is 4.38. The first kappa shape index (κ1) is 20.4. The standard InChI is InChI=1S/C23H30N2O3S/c26-23(15-21-16-29-17-24-21)28-25-12-9-18(10-13-25)11-14-27-22-7-5-20(6-8-22)19-3-1-2-4-19/h5-8,16-19H,1-4,9-15H2. The van der Waals surface area contributed by atoms with Crippen LogP contribution >= 0.6 is 11.3 Å². The molecule has 2 fully saturated rings. The van der Waals surface area contributed by atoms with Gasteiger partial charge in [-0.3, -0.25) is 0 Å². The number of hydrogen-bond donors (Lipinski definition) is 0. The number of benzene rings is 1. The molecule has 0 amide bonds. The van der Waals surface area contributed by atoms with Gasteiger partial charge in [0.25, 0.3) is 0 Å². The molecule has 2 heterocycles. The van der Waals surface area contributed by atoms with Crippen LogP contribution in [-0.2, 0) is 16.1 Å². The van der Waals surface area contributed by atoms with Gasteiger partial charge in [-0.2, -0.15) is 0 Å². The highest BCUT2D eigenvalue weighted by atomic mass is 32.1. The lowest BCUT2D eigenvalue weighted by Gasteiger charge is -2.30. The van der Waals surface area contributed by atoms with Crippen molar-refractivity contribution in [3.63, 3.8) is 0 Å². The Morgan fingerprint density at radius 1 is 1.10 bits per heavy atom. The first-order valence-corrected chi connectivity index (χ1v) is 11.8. The van der Waals surface area contributed by atoms with Gasteiger partial charge in [0.2, 0.25) is 0 Å². The van der Waals surface area contributed by atoms with E-state index in [0.717, 1.165) is 56.3 Å². The largest absolute Gasteiger partial charge is 0.494 e. The van der Waals surface area contributed by atoms with Crippen LogP contribution in [0.3, 0.4) is 0 Å². The van der Waals surface area contributed by atoms with E-state index in [1.807, 2.05) is 5.38 Å². The highest BCUT2D eigenvalue weighted by Gasteiger charge is 2.22. The predicted octanol–water partition coefficient (Wildman–Crippen LogP) is 4.98. The number of hydrogen-bond acceptors (Lipinski definition) is 6. The number of rotatable bonds is 8. The van der Waals surface area contributed by atoms with Crippen LogP contribution in [-0.4, -0.2) is 35.7 Å².